The fourth-order valence-corrected chi connectivity index (χ4v) is 3.21. The monoisotopic (exact) mass is 328 g/mol. The molecule has 1 aliphatic rings. The number of piperidine rings is 1. The molecule has 0 bridgehead atoms. The minimum Gasteiger partial charge on any atom is -0.352 e. The van der Waals surface area contributed by atoms with Crippen LogP contribution in [-0.2, 0) is 16.0 Å². The molecule has 0 saturated carbocycles. The van der Waals surface area contributed by atoms with Gasteiger partial charge >= 0.3 is 0 Å². The Balaban J connectivity index is 1.65. The number of nitrogens with zero attached hydrogens (tertiary/aromatic N) is 3. The smallest absolute Gasteiger partial charge is 0.228 e. The Morgan fingerprint density at radius 3 is 3.00 bits per heavy atom. The molecule has 0 aromatic carbocycles. The number of hydrogen-bond acceptors (Lipinski definition) is 3. The third-order valence-corrected chi connectivity index (χ3v) is 4.52. The first-order valence-corrected chi connectivity index (χ1v) is 8.57. The lowest BCUT2D eigenvalue weighted by molar-refractivity contribution is -0.133. The lowest BCUT2D eigenvalue weighted by Gasteiger charge is -2.33. The van der Waals surface area contributed by atoms with Crippen molar-refractivity contribution in [2.45, 2.75) is 45.6 Å². The lowest BCUT2D eigenvalue weighted by atomic mass is 10.0. The number of carbonyl (C=O) groups excluding carboxylic acids is 2. The van der Waals surface area contributed by atoms with Gasteiger partial charge in [0.2, 0.25) is 11.8 Å². The highest BCUT2D eigenvalue weighted by molar-refractivity contribution is 5.79. The van der Waals surface area contributed by atoms with Gasteiger partial charge in [-0.1, -0.05) is 13.0 Å². The zero-order valence-corrected chi connectivity index (χ0v) is 14.3. The van der Waals surface area contributed by atoms with E-state index in [-0.39, 0.29) is 17.9 Å². The molecule has 1 fully saturated rings. The molecule has 0 spiro atoms. The average Bonchev–Trinajstić information content (AvgIpc) is 2.99. The molecule has 6 nitrogen and oxygen atoms in total. The number of rotatable bonds is 4. The van der Waals surface area contributed by atoms with Gasteiger partial charge in [0, 0.05) is 37.9 Å². The highest BCUT2D eigenvalue weighted by Crippen LogP contribution is 2.14. The molecule has 1 saturated heterocycles. The maximum Gasteiger partial charge on any atom is 0.228 e. The first-order chi connectivity index (χ1) is 11.6. The topological polar surface area (TPSA) is 66.7 Å². The van der Waals surface area contributed by atoms with E-state index in [4.69, 9.17) is 0 Å². The first kappa shape index (κ1) is 16.5. The second-order valence-corrected chi connectivity index (χ2v) is 6.43. The zero-order valence-electron chi connectivity index (χ0n) is 14.3. The van der Waals surface area contributed by atoms with Crippen LogP contribution in [0.15, 0.2) is 24.5 Å². The summed E-state index contributed by atoms with van der Waals surface area (Å²) in [5, 5.41) is 2.99. The summed E-state index contributed by atoms with van der Waals surface area (Å²) in [7, 11) is 0. The van der Waals surface area contributed by atoms with Gasteiger partial charge in [-0.2, -0.15) is 0 Å². The normalized spacial score (nSPS) is 17.9. The van der Waals surface area contributed by atoms with Crippen LogP contribution >= 0.6 is 0 Å². The van der Waals surface area contributed by atoms with Gasteiger partial charge in [-0.15, -0.1) is 0 Å². The molecule has 2 aromatic heterocycles. The Morgan fingerprint density at radius 1 is 1.42 bits per heavy atom. The van der Waals surface area contributed by atoms with Crippen LogP contribution in [0, 0.1) is 6.92 Å². The second-order valence-electron chi connectivity index (χ2n) is 6.43. The van der Waals surface area contributed by atoms with Gasteiger partial charge in [0.25, 0.3) is 0 Å². The van der Waals surface area contributed by atoms with Crippen molar-refractivity contribution in [2.75, 3.05) is 13.1 Å². The van der Waals surface area contributed by atoms with Crippen molar-refractivity contribution in [3.63, 3.8) is 0 Å². The van der Waals surface area contributed by atoms with Crippen molar-refractivity contribution in [2.24, 2.45) is 0 Å². The summed E-state index contributed by atoms with van der Waals surface area (Å²) in [4.78, 5) is 30.6. The van der Waals surface area contributed by atoms with Crippen LogP contribution in [0.1, 0.15) is 37.4 Å². The number of pyridine rings is 1. The fraction of sp³-hybridized carbons (Fsp3) is 0.500. The van der Waals surface area contributed by atoms with Gasteiger partial charge in [-0.3, -0.25) is 9.59 Å². The SMILES string of the molecule is CCC(=O)N[C@H]1CCCN(C(=O)Cc2cn3cccc(C)c3n2)C1. The Labute approximate surface area is 141 Å². The maximum atomic E-state index is 12.6. The summed E-state index contributed by atoms with van der Waals surface area (Å²) in [5.74, 6) is 0.122. The number of carbonyl (C=O) groups is 2. The molecule has 128 valence electrons. The number of nitrogens with one attached hydrogen (secondary N) is 1. The average molecular weight is 328 g/mol. The minimum atomic E-state index is 0.0464. The molecule has 1 atom stereocenters. The molecule has 0 unspecified atom stereocenters. The van der Waals surface area contributed by atoms with E-state index in [1.807, 2.05) is 47.7 Å². The van der Waals surface area contributed by atoms with Crippen molar-refractivity contribution in [3.05, 3.63) is 35.8 Å². The highest BCUT2D eigenvalue weighted by atomic mass is 16.2. The van der Waals surface area contributed by atoms with Gasteiger partial charge in [0.05, 0.1) is 12.1 Å². The maximum absolute atomic E-state index is 12.6. The summed E-state index contributed by atoms with van der Waals surface area (Å²) in [6, 6.07) is 4.05. The Kier molecular flexibility index (Phi) is 4.83. The van der Waals surface area contributed by atoms with E-state index < -0.39 is 0 Å². The standard InChI is InChI=1S/C18H24N4O2/c1-3-16(23)19-14-7-5-8-21(11-14)17(24)10-15-12-22-9-4-6-13(2)18(22)20-15/h4,6,9,12,14H,3,5,7-8,10-11H2,1-2H3,(H,19,23)/t14-/m0/s1. The van der Waals surface area contributed by atoms with Gasteiger partial charge in [-0.05, 0) is 31.4 Å². The minimum absolute atomic E-state index is 0.0464. The number of likely N-dealkylation sites (tertiary alicyclic amines) is 1. The summed E-state index contributed by atoms with van der Waals surface area (Å²) >= 11 is 0. The van der Waals surface area contributed by atoms with E-state index in [1.54, 1.807) is 0 Å². The van der Waals surface area contributed by atoms with Crippen LogP contribution < -0.4 is 5.32 Å². The number of amides is 2. The van der Waals surface area contributed by atoms with Crippen molar-refractivity contribution < 1.29 is 9.59 Å². The van der Waals surface area contributed by atoms with Crippen molar-refractivity contribution in [3.8, 4) is 0 Å². The second kappa shape index (κ2) is 7.03. The molecule has 1 aliphatic heterocycles. The third-order valence-electron chi connectivity index (χ3n) is 4.52. The van der Waals surface area contributed by atoms with E-state index in [0.717, 1.165) is 36.3 Å². The lowest BCUT2D eigenvalue weighted by Crippen LogP contribution is -2.49. The Morgan fingerprint density at radius 2 is 2.25 bits per heavy atom. The number of aryl methyl sites for hydroxylation is 1. The zero-order chi connectivity index (χ0) is 17.1. The molecule has 2 aromatic rings. The number of fused-ring (bicyclic) bond motifs is 1. The van der Waals surface area contributed by atoms with E-state index in [1.165, 1.54) is 0 Å². The molecule has 3 heterocycles. The van der Waals surface area contributed by atoms with E-state index in [2.05, 4.69) is 10.3 Å². The molecule has 3 rings (SSSR count). The molecule has 24 heavy (non-hydrogen) atoms. The molecular weight excluding hydrogens is 304 g/mol. The Bertz CT molecular complexity index is 753. The van der Waals surface area contributed by atoms with Crippen LogP contribution in [0.2, 0.25) is 0 Å². The molecular formula is C18H24N4O2. The highest BCUT2D eigenvalue weighted by Gasteiger charge is 2.25. The predicted octanol–water partition coefficient (Wildman–Crippen LogP) is 1.70. The Hall–Kier alpha value is -2.37. The fourth-order valence-electron chi connectivity index (χ4n) is 3.21. The number of hydrogen-bond donors (Lipinski definition) is 1. The van der Waals surface area contributed by atoms with Crippen LogP contribution in [0.3, 0.4) is 0 Å². The summed E-state index contributed by atoms with van der Waals surface area (Å²) < 4.78 is 1.96. The van der Waals surface area contributed by atoms with Gasteiger partial charge in [0.1, 0.15) is 5.65 Å². The molecule has 1 N–H and O–H groups in total. The van der Waals surface area contributed by atoms with Gasteiger partial charge < -0.3 is 14.6 Å². The third kappa shape index (κ3) is 3.58. The number of aromatic nitrogens is 2. The van der Waals surface area contributed by atoms with E-state index in [0.29, 0.717) is 19.4 Å². The van der Waals surface area contributed by atoms with Crippen LogP contribution in [0.5, 0.6) is 0 Å². The largest absolute Gasteiger partial charge is 0.352 e. The van der Waals surface area contributed by atoms with E-state index in [9.17, 15) is 9.59 Å². The summed E-state index contributed by atoms with van der Waals surface area (Å²) in [6.07, 6.45) is 6.50. The molecule has 6 heteroatoms. The molecule has 0 aliphatic carbocycles. The first-order valence-electron chi connectivity index (χ1n) is 8.57. The van der Waals surface area contributed by atoms with Crippen molar-refractivity contribution >= 4 is 17.5 Å². The van der Waals surface area contributed by atoms with E-state index >= 15 is 0 Å². The summed E-state index contributed by atoms with van der Waals surface area (Å²) in [6.45, 7) is 5.20. The van der Waals surface area contributed by atoms with Gasteiger partial charge in [0.15, 0.2) is 0 Å². The van der Waals surface area contributed by atoms with Crippen LogP contribution in [-0.4, -0.2) is 45.2 Å². The van der Waals surface area contributed by atoms with Crippen molar-refractivity contribution in [1.29, 1.82) is 0 Å². The van der Waals surface area contributed by atoms with Crippen LogP contribution in [0.25, 0.3) is 5.65 Å². The van der Waals surface area contributed by atoms with Crippen molar-refractivity contribution in [1.82, 2.24) is 19.6 Å². The van der Waals surface area contributed by atoms with Gasteiger partial charge in [-0.25, -0.2) is 4.98 Å². The van der Waals surface area contributed by atoms with Crippen LogP contribution in [0.4, 0.5) is 0 Å². The number of imidazole rings is 1. The predicted molar refractivity (Wildman–Crippen MR) is 91.7 cm³/mol. The summed E-state index contributed by atoms with van der Waals surface area (Å²) in [5.41, 5.74) is 2.78. The quantitative estimate of drug-likeness (QED) is 0.929. The molecule has 2 amide bonds. The molecule has 0 radical (unpaired) electrons.